The van der Waals surface area contributed by atoms with Crippen LogP contribution in [0.3, 0.4) is 0 Å². The van der Waals surface area contributed by atoms with Crippen LogP contribution >= 0.6 is 0 Å². The highest BCUT2D eigenvalue weighted by atomic mass is 16.2. The van der Waals surface area contributed by atoms with Crippen LogP contribution in [0.15, 0.2) is 18.3 Å². The molecule has 0 radical (unpaired) electrons. The van der Waals surface area contributed by atoms with E-state index in [1.54, 1.807) is 6.20 Å². The Morgan fingerprint density at radius 1 is 1.33 bits per heavy atom. The Balaban J connectivity index is 2.20. The van der Waals surface area contributed by atoms with Gasteiger partial charge in [0.25, 0.3) is 0 Å². The quantitative estimate of drug-likeness (QED) is 0.874. The van der Waals surface area contributed by atoms with E-state index in [0.717, 1.165) is 24.6 Å². The van der Waals surface area contributed by atoms with Crippen molar-refractivity contribution in [2.24, 2.45) is 5.41 Å². The zero-order valence-electron chi connectivity index (χ0n) is 11.4. The fourth-order valence-electron chi connectivity index (χ4n) is 1.99. The van der Waals surface area contributed by atoms with Crippen molar-refractivity contribution >= 4 is 17.4 Å². The number of pyridine rings is 1. The van der Waals surface area contributed by atoms with Gasteiger partial charge < -0.3 is 10.2 Å². The fraction of sp³-hybridized carbons (Fsp3) is 0.571. The lowest BCUT2D eigenvalue weighted by molar-refractivity contribution is -0.123. The van der Waals surface area contributed by atoms with E-state index in [1.807, 2.05) is 32.9 Å². The molecule has 0 atom stereocenters. The van der Waals surface area contributed by atoms with Crippen LogP contribution in [0.5, 0.6) is 0 Å². The Morgan fingerprint density at radius 2 is 2.00 bits per heavy atom. The molecule has 0 unspecified atom stereocenters. The van der Waals surface area contributed by atoms with E-state index in [9.17, 15) is 4.79 Å². The molecular weight excluding hydrogens is 226 g/mol. The van der Waals surface area contributed by atoms with Gasteiger partial charge in [0.05, 0.1) is 5.69 Å². The van der Waals surface area contributed by atoms with E-state index in [1.165, 1.54) is 12.8 Å². The third-order valence-electron chi connectivity index (χ3n) is 3.12. The number of rotatable bonds is 2. The summed E-state index contributed by atoms with van der Waals surface area (Å²) in [6, 6.07) is 3.78. The highest BCUT2D eigenvalue weighted by Gasteiger charge is 2.24. The summed E-state index contributed by atoms with van der Waals surface area (Å²) in [5, 5.41) is 2.98. The van der Waals surface area contributed by atoms with Gasteiger partial charge in [-0.25, -0.2) is 4.98 Å². The summed E-state index contributed by atoms with van der Waals surface area (Å²) >= 11 is 0. The Kier molecular flexibility index (Phi) is 3.55. The molecule has 0 bridgehead atoms. The Bertz CT molecular complexity index is 431. The molecule has 1 amide bonds. The van der Waals surface area contributed by atoms with Crippen molar-refractivity contribution in [3.8, 4) is 0 Å². The monoisotopic (exact) mass is 247 g/mol. The van der Waals surface area contributed by atoms with Gasteiger partial charge in [0.15, 0.2) is 5.82 Å². The Hall–Kier alpha value is -1.58. The van der Waals surface area contributed by atoms with E-state index in [-0.39, 0.29) is 5.91 Å². The second-order valence-corrected chi connectivity index (χ2v) is 5.77. The largest absolute Gasteiger partial charge is 0.355 e. The number of aromatic nitrogens is 1. The number of amides is 1. The van der Waals surface area contributed by atoms with Crippen molar-refractivity contribution < 1.29 is 4.79 Å². The molecular formula is C14H21N3O. The predicted molar refractivity (Wildman–Crippen MR) is 73.8 cm³/mol. The molecule has 98 valence electrons. The first-order valence-electron chi connectivity index (χ1n) is 6.50. The highest BCUT2D eigenvalue weighted by Crippen LogP contribution is 2.27. The number of anilines is 2. The molecule has 1 N–H and O–H groups in total. The van der Waals surface area contributed by atoms with E-state index < -0.39 is 5.41 Å². The van der Waals surface area contributed by atoms with Gasteiger partial charge in [-0.15, -0.1) is 0 Å². The number of hydrogen-bond acceptors (Lipinski definition) is 3. The van der Waals surface area contributed by atoms with Crippen LogP contribution < -0.4 is 10.2 Å². The molecule has 2 heterocycles. The van der Waals surface area contributed by atoms with Crippen LogP contribution in [0.25, 0.3) is 0 Å². The summed E-state index contributed by atoms with van der Waals surface area (Å²) in [7, 11) is 0. The lowest BCUT2D eigenvalue weighted by Crippen LogP contribution is -2.29. The van der Waals surface area contributed by atoms with Crippen LogP contribution in [0, 0.1) is 5.41 Å². The van der Waals surface area contributed by atoms with Gasteiger partial charge in [0, 0.05) is 24.7 Å². The standard InChI is InChI=1S/C14H21N3O/c1-14(2,3)13(18)16-11-7-6-8-15-12(11)17-9-4-5-10-17/h6-8H,4-5,9-10H2,1-3H3,(H,16,18). The van der Waals surface area contributed by atoms with Crippen LogP contribution in [0.2, 0.25) is 0 Å². The highest BCUT2D eigenvalue weighted by molar-refractivity contribution is 5.96. The molecule has 18 heavy (non-hydrogen) atoms. The van der Waals surface area contributed by atoms with Crippen molar-refractivity contribution in [2.45, 2.75) is 33.6 Å². The average molecular weight is 247 g/mol. The van der Waals surface area contributed by atoms with Crippen LogP contribution in [-0.2, 0) is 4.79 Å². The van der Waals surface area contributed by atoms with Crippen LogP contribution in [0.1, 0.15) is 33.6 Å². The number of carbonyl (C=O) groups excluding carboxylic acids is 1. The van der Waals surface area contributed by atoms with Crippen molar-refractivity contribution in [3.05, 3.63) is 18.3 Å². The normalized spacial score (nSPS) is 15.8. The summed E-state index contributed by atoms with van der Waals surface area (Å²) in [6.07, 6.45) is 4.17. The average Bonchev–Trinajstić information content (AvgIpc) is 2.82. The van der Waals surface area contributed by atoms with E-state index in [4.69, 9.17) is 0 Å². The van der Waals surface area contributed by atoms with Crippen LogP contribution in [0.4, 0.5) is 11.5 Å². The smallest absolute Gasteiger partial charge is 0.229 e. The number of nitrogens with one attached hydrogen (secondary N) is 1. The number of nitrogens with zero attached hydrogens (tertiary/aromatic N) is 2. The van der Waals surface area contributed by atoms with Gasteiger partial charge in [0.1, 0.15) is 0 Å². The van der Waals surface area contributed by atoms with Crippen molar-refractivity contribution in [3.63, 3.8) is 0 Å². The Labute approximate surface area is 108 Å². The SMILES string of the molecule is CC(C)(C)C(=O)Nc1cccnc1N1CCCC1. The van der Waals surface area contributed by atoms with Gasteiger partial charge in [-0.05, 0) is 25.0 Å². The molecule has 1 aliphatic heterocycles. The van der Waals surface area contributed by atoms with Crippen LogP contribution in [-0.4, -0.2) is 24.0 Å². The summed E-state index contributed by atoms with van der Waals surface area (Å²) in [5.74, 6) is 0.920. The molecule has 1 aromatic rings. The van der Waals surface area contributed by atoms with Crippen molar-refractivity contribution in [1.29, 1.82) is 0 Å². The summed E-state index contributed by atoms with van der Waals surface area (Å²) < 4.78 is 0. The minimum absolute atomic E-state index is 0.0240. The molecule has 0 saturated carbocycles. The molecule has 0 aromatic carbocycles. The molecule has 4 heteroatoms. The molecule has 1 saturated heterocycles. The maximum atomic E-state index is 12.0. The predicted octanol–water partition coefficient (Wildman–Crippen LogP) is 2.67. The lowest BCUT2D eigenvalue weighted by Gasteiger charge is -2.23. The zero-order valence-corrected chi connectivity index (χ0v) is 11.4. The van der Waals surface area contributed by atoms with Gasteiger partial charge in [-0.3, -0.25) is 4.79 Å². The van der Waals surface area contributed by atoms with Crippen molar-refractivity contribution in [2.75, 3.05) is 23.3 Å². The molecule has 1 fully saturated rings. The first-order chi connectivity index (χ1) is 8.48. The molecule has 0 spiro atoms. The molecule has 1 aromatic heterocycles. The third-order valence-corrected chi connectivity index (χ3v) is 3.12. The number of carbonyl (C=O) groups is 1. The topological polar surface area (TPSA) is 45.2 Å². The van der Waals surface area contributed by atoms with Gasteiger partial charge in [0.2, 0.25) is 5.91 Å². The molecule has 2 rings (SSSR count). The van der Waals surface area contributed by atoms with Gasteiger partial charge in [-0.2, -0.15) is 0 Å². The number of hydrogen-bond donors (Lipinski definition) is 1. The summed E-state index contributed by atoms with van der Waals surface area (Å²) in [4.78, 5) is 18.7. The summed E-state index contributed by atoms with van der Waals surface area (Å²) in [5.41, 5.74) is 0.428. The maximum absolute atomic E-state index is 12.0. The van der Waals surface area contributed by atoms with E-state index >= 15 is 0 Å². The first kappa shape index (κ1) is 12.9. The Morgan fingerprint density at radius 3 is 2.61 bits per heavy atom. The van der Waals surface area contributed by atoms with Gasteiger partial charge >= 0.3 is 0 Å². The maximum Gasteiger partial charge on any atom is 0.229 e. The third kappa shape index (κ3) is 2.81. The van der Waals surface area contributed by atoms with Crippen molar-refractivity contribution in [1.82, 2.24) is 4.98 Å². The minimum Gasteiger partial charge on any atom is -0.355 e. The second kappa shape index (κ2) is 4.96. The fourth-order valence-corrected chi connectivity index (χ4v) is 1.99. The summed E-state index contributed by atoms with van der Waals surface area (Å²) in [6.45, 7) is 7.78. The molecule has 1 aliphatic rings. The van der Waals surface area contributed by atoms with E-state index in [2.05, 4.69) is 15.2 Å². The van der Waals surface area contributed by atoms with Gasteiger partial charge in [-0.1, -0.05) is 20.8 Å². The molecule has 4 nitrogen and oxygen atoms in total. The first-order valence-corrected chi connectivity index (χ1v) is 6.50. The minimum atomic E-state index is -0.391. The molecule has 0 aliphatic carbocycles. The lowest BCUT2D eigenvalue weighted by atomic mass is 9.95. The second-order valence-electron chi connectivity index (χ2n) is 5.77. The zero-order chi connectivity index (χ0) is 13.2. The van der Waals surface area contributed by atoms with E-state index in [0.29, 0.717) is 0 Å².